The molecule has 1 aromatic carbocycles. The first-order chi connectivity index (χ1) is 10.7. The van der Waals surface area contributed by atoms with Crippen LogP contribution in [-0.2, 0) is 6.54 Å². The van der Waals surface area contributed by atoms with Crippen LogP contribution >= 0.6 is 11.3 Å². The number of nitrogens with zero attached hydrogens (tertiary/aromatic N) is 3. The minimum absolute atomic E-state index is 0.0189. The van der Waals surface area contributed by atoms with E-state index < -0.39 is 0 Å². The van der Waals surface area contributed by atoms with Gasteiger partial charge in [-0.05, 0) is 37.6 Å². The van der Waals surface area contributed by atoms with Crippen LogP contribution in [0.2, 0.25) is 0 Å². The summed E-state index contributed by atoms with van der Waals surface area (Å²) in [6.07, 6.45) is 2.59. The van der Waals surface area contributed by atoms with Crippen LogP contribution in [0, 0.1) is 6.92 Å². The van der Waals surface area contributed by atoms with Gasteiger partial charge in [-0.1, -0.05) is 36.0 Å². The standard InChI is InChI=1S/C17H17N3OS/c1-3-11-20-16(21)14-5-4-10-18-15(14)22-17(20)19-13-8-6-12(2)7-9-13/h4-10H,3,11H2,1-2H3/b19-17-. The van der Waals surface area contributed by atoms with Crippen LogP contribution in [0.15, 0.2) is 52.4 Å². The van der Waals surface area contributed by atoms with Gasteiger partial charge in [0.2, 0.25) is 0 Å². The predicted molar refractivity (Wildman–Crippen MR) is 90.6 cm³/mol. The zero-order valence-corrected chi connectivity index (χ0v) is 13.4. The Labute approximate surface area is 132 Å². The fourth-order valence-electron chi connectivity index (χ4n) is 2.24. The van der Waals surface area contributed by atoms with Crippen LogP contribution in [0.4, 0.5) is 5.69 Å². The van der Waals surface area contributed by atoms with Crippen molar-refractivity contribution in [3.05, 3.63) is 63.3 Å². The molecular weight excluding hydrogens is 294 g/mol. The van der Waals surface area contributed by atoms with Gasteiger partial charge in [0, 0.05) is 12.7 Å². The van der Waals surface area contributed by atoms with Gasteiger partial charge in [-0.15, -0.1) is 0 Å². The maximum Gasteiger partial charge on any atom is 0.263 e. The molecule has 5 heteroatoms. The molecule has 0 N–H and O–H groups in total. The van der Waals surface area contributed by atoms with E-state index in [1.54, 1.807) is 16.8 Å². The number of hydrogen-bond donors (Lipinski definition) is 0. The number of pyridine rings is 1. The molecule has 22 heavy (non-hydrogen) atoms. The molecule has 4 nitrogen and oxygen atoms in total. The van der Waals surface area contributed by atoms with Crippen molar-refractivity contribution in [3.63, 3.8) is 0 Å². The topological polar surface area (TPSA) is 47.2 Å². The summed E-state index contributed by atoms with van der Waals surface area (Å²) in [6.45, 7) is 4.75. The average Bonchev–Trinajstić information content (AvgIpc) is 2.53. The summed E-state index contributed by atoms with van der Waals surface area (Å²) in [5.74, 6) is 0. The van der Waals surface area contributed by atoms with Gasteiger partial charge >= 0.3 is 0 Å². The van der Waals surface area contributed by atoms with Gasteiger partial charge in [0.25, 0.3) is 5.56 Å². The minimum atomic E-state index is -0.0189. The Hall–Kier alpha value is -2.27. The van der Waals surface area contributed by atoms with Crippen molar-refractivity contribution in [1.29, 1.82) is 0 Å². The van der Waals surface area contributed by atoms with E-state index in [9.17, 15) is 4.79 Å². The molecular formula is C17H17N3OS. The molecule has 0 unspecified atom stereocenters. The second kappa shape index (κ2) is 6.23. The first-order valence-electron chi connectivity index (χ1n) is 7.29. The highest BCUT2D eigenvalue weighted by molar-refractivity contribution is 7.15. The van der Waals surface area contributed by atoms with Gasteiger partial charge in [0.05, 0.1) is 11.1 Å². The highest BCUT2D eigenvalue weighted by Crippen LogP contribution is 2.13. The van der Waals surface area contributed by atoms with Crippen molar-refractivity contribution < 1.29 is 0 Å². The minimum Gasteiger partial charge on any atom is -0.284 e. The maximum absolute atomic E-state index is 12.7. The Morgan fingerprint density at radius 3 is 2.73 bits per heavy atom. The van der Waals surface area contributed by atoms with Gasteiger partial charge in [-0.3, -0.25) is 9.36 Å². The third kappa shape index (κ3) is 2.85. The Kier molecular flexibility index (Phi) is 4.15. The predicted octanol–water partition coefficient (Wildman–Crippen LogP) is 3.41. The van der Waals surface area contributed by atoms with Crippen LogP contribution in [0.25, 0.3) is 10.2 Å². The number of aryl methyl sites for hydroxylation is 1. The molecule has 0 atom stereocenters. The van der Waals surface area contributed by atoms with Crippen LogP contribution in [0.1, 0.15) is 18.9 Å². The SMILES string of the molecule is CCCn1c(=O)c2cccnc2s/c1=N\c1ccc(C)cc1. The van der Waals surface area contributed by atoms with E-state index in [0.717, 1.165) is 16.9 Å². The largest absolute Gasteiger partial charge is 0.284 e. The molecule has 2 heterocycles. The van der Waals surface area contributed by atoms with Crippen molar-refractivity contribution in [2.45, 2.75) is 26.8 Å². The molecule has 2 aromatic heterocycles. The lowest BCUT2D eigenvalue weighted by Gasteiger charge is -2.06. The van der Waals surface area contributed by atoms with E-state index in [1.807, 2.05) is 37.3 Å². The summed E-state index contributed by atoms with van der Waals surface area (Å²) in [4.78, 5) is 23.0. The van der Waals surface area contributed by atoms with Gasteiger partial charge in [-0.2, -0.15) is 0 Å². The third-order valence-corrected chi connectivity index (χ3v) is 4.38. The van der Waals surface area contributed by atoms with Gasteiger partial charge in [0.15, 0.2) is 4.80 Å². The molecule has 0 saturated carbocycles. The van der Waals surface area contributed by atoms with E-state index in [0.29, 0.717) is 16.7 Å². The Bertz CT molecular complexity index is 923. The number of benzene rings is 1. The molecule has 0 spiro atoms. The van der Waals surface area contributed by atoms with Crippen LogP contribution in [0.5, 0.6) is 0 Å². The van der Waals surface area contributed by atoms with Crippen LogP contribution in [-0.4, -0.2) is 9.55 Å². The van der Waals surface area contributed by atoms with Crippen molar-refractivity contribution in [1.82, 2.24) is 9.55 Å². The summed E-state index contributed by atoms with van der Waals surface area (Å²) in [5.41, 5.74) is 2.02. The summed E-state index contributed by atoms with van der Waals surface area (Å²) in [7, 11) is 0. The third-order valence-electron chi connectivity index (χ3n) is 3.37. The van der Waals surface area contributed by atoms with Crippen molar-refractivity contribution in [2.75, 3.05) is 0 Å². The average molecular weight is 311 g/mol. The molecule has 0 bridgehead atoms. The number of aromatic nitrogens is 2. The fourth-order valence-corrected chi connectivity index (χ4v) is 3.23. The summed E-state index contributed by atoms with van der Waals surface area (Å²) >= 11 is 1.45. The highest BCUT2D eigenvalue weighted by Gasteiger charge is 2.07. The Morgan fingerprint density at radius 1 is 1.23 bits per heavy atom. The normalized spacial score (nSPS) is 12.0. The summed E-state index contributed by atoms with van der Waals surface area (Å²) in [5, 5.41) is 0.656. The summed E-state index contributed by atoms with van der Waals surface area (Å²) < 4.78 is 1.74. The first kappa shape index (κ1) is 14.7. The van der Waals surface area contributed by atoms with Crippen LogP contribution in [0.3, 0.4) is 0 Å². The quantitative estimate of drug-likeness (QED) is 0.744. The zero-order chi connectivity index (χ0) is 15.5. The molecule has 0 aliphatic rings. The molecule has 0 radical (unpaired) electrons. The highest BCUT2D eigenvalue weighted by atomic mass is 32.1. The monoisotopic (exact) mass is 311 g/mol. The molecule has 0 fully saturated rings. The second-order valence-corrected chi connectivity index (χ2v) is 6.10. The molecule has 112 valence electrons. The van der Waals surface area contributed by atoms with Crippen LogP contribution < -0.4 is 10.4 Å². The molecule has 3 aromatic rings. The van der Waals surface area contributed by atoms with E-state index >= 15 is 0 Å². The van der Waals surface area contributed by atoms with E-state index in [4.69, 9.17) is 0 Å². The van der Waals surface area contributed by atoms with E-state index in [-0.39, 0.29) is 5.56 Å². The van der Waals surface area contributed by atoms with E-state index in [2.05, 4.69) is 16.9 Å². The van der Waals surface area contributed by atoms with Crippen molar-refractivity contribution >= 4 is 27.2 Å². The van der Waals surface area contributed by atoms with Gasteiger partial charge < -0.3 is 0 Å². The fraction of sp³-hybridized carbons (Fsp3) is 0.235. The lowest BCUT2D eigenvalue weighted by atomic mass is 10.2. The van der Waals surface area contributed by atoms with Gasteiger partial charge in [-0.25, -0.2) is 9.98 Å². The smallest absolute Gasteiger partial charge is 0.263 e. The lowest BCUT2D eigenvalue weighted by molar-refractivity contribution is 0.640. The Balaban J connectivity index is 2.29. The Morgan fingerprint density at radius 2 is 2.00 bits per heavy atom. The number of rotatable bonds is 3. The molecule has 0 amide bonds. The number of hydrogen-bond acceptors (Lipinski definition) is 4. The number of fused-ring (bicyclic) bond motifs is 1. The zero-order valence-electron chi connectivity index (χ0n) is 12.6. The maximum atomic E-state index is 12.7. The van der Waals surface area contributed by atoms with Crippen molar-refractivity contribution in [3.8, 4) is 0 Å². The molecule has 3 rings (SSSR count). The molecule has 0 aliphatic heterocycles. The summed E-state index contributed by atoms with van der Waals surface area (Å²) in [6, 6.07) is 11.6. The second-order valence-electron chi connectivity index (χ2n) is 5.14. The lowest BCUT2D eigenvalue weighted by Crippen LogP contribution is -2.31. The molecule has 0 saturated heterocycles. The first-order valence-corrected chi connectivity index (χ1v) is 8.11. The van der Waals surface area contributed by atoms with E-state index in [1.165, 1.54) is 16.9 Å². The molecule has 0 aliphatic carbocycles. The van der Waals surface area contributed by atoms with Gasteiger partial charge in [0.1, 0.15) is 4.83 Å². The van der Waals surface area contributed by atoms with Crippen molar-refractivity contribution in [2.24, 2.45) is 4.99 Å².